The van der Waals surface area contributed by atoms with E-state index in [-0.39, 0.29) is 11.6 Å². The fraction of sp³-hybridized carbons (Fsp3) is 0.0952. The lowest BCUT2D eigenvalue weighted by atomic mass is 10.1. The van der Waals surface area contributed by atoms with Crippen molar-refractivity contribution in [3.8, 4) is 16.9 Å². The van der Waals surface area contributed by atoms with Crippen LogP contribution in [0.4, 0.5) is 11.4 Å². The lowest BCUT2D eigenvalue weighted by molar-refractivity contribution is -0.384. The maximum absolute atomic E-state index is 12.4. The molecule has 0 aliphatic heterocycles. The Labute approximate surface area is 170 Å². The molecule has 0 saturated heterocycles. The van der Waals surface area contributed by atoms with E-state index >= 15 is 0 Å². The number of nitro benzene ring substituents is 1. The Kier molecular flexibility index (Phi) is 6.06. The number of ether oxygens (including phenoxy) is 1. The summed E-state index contributed by atoms with van der Waals surface area (Å²) >= 11 is 3.23. The summed E-state index contributed by atoms with van der Waals surface area (Å²) in [7, 11) is 0. The van der Waals surface area contributed by atoms with Gasteiger partial charge in [-0.1, -0.05) is 42.5 Å². The third-order valence-electron chi connectivity index (χ3n) is 4.06. The predicted molar refractivity (Wildman–Crippen MR) is 111 cm³/mol. The molecule has 7 heteroatoms. The molecule has 0 spiro atoms. The topological polar surface area (TPSA) is 81.5 Å². The zero-order valence-corrected chi connectivity index (χ0v) is 16.5. The molecular weight excluding hydrogens is 424 g/mol. The first-order chi connectivity index (χ1) is 13.4. The van der Waals surface area contributed by atoms with Crippen molar-refractivity contribution in [3.63, 3.8) is 0 Å². The van der Waals surface area contributed by atoms with Crippen LogP contribution in [0.5, 0.6) is 5.75 Å². The summed E-state index contributed by atoms with van der Waals surface area (Å²) in [6.45, 7) is 1.64. The molecule has 142 valence electrons. The average molecular weight is 441 g/mol. The molecule has 0 radical (unpaired) electrons. The predicted octanol–water partition coefficient (Wildman–Crippen LogP) is 5.43. The van der Waals surface area contributed by atoms with Gasteiger partial charge in [0.1, 0.15) is 5.75 Å². The SMILES string of the molecule is C[C@H](Oc1ccc(-c2ccccc2)cc1)C(=O)Nc1ccc([N+](=O)[O-])cc1Br. The van der Waals surface area contributed by atoms with E-state index in [2.05, 4.69) is 21.2 Å². The molecular formula is C21H17BrN2O4. The van der Waals surface area contributed by atoms with Gasteiger partial charge >= 0.3 is 0 Å². The number of nitro groups is 1. The van der Waals surface area contributed by atoms with Crippen LogP contribution in [0.1, 0.15) is 6.92 Å². The van der Waals surface area contributed by atoms with Crippen molar-refractivity contribution >= 4 is 33.2 Å². The Balaban J connectivity index is 1.63. The number of hydrogen-bond donors (Lipinski definition) is 1. The van der Waals surface area contributed by atoms with Crippen LogP contribution in [-0.4, -0.2) is 16.9 Å². The number of nitrogens with one attached hydrogen (secondary N) is 1. The summed E-state index contributed by atoms with van der Waals surface area (Å²) < 4.78 is 6.13. The van der Waals surface area contributed by atoms with Crippen LogP contribution < -0.4 is 10.1 Å². The van der Waals surface area contributed by atoms with Crippen LogP contribution in [0.15, 0.2) is 77.3 Å². The summed E-state index contributed by atoms with van der Waals surface area (Å²) in [6.07, 6.45) is -0.746. The Morgan fingerprint density at radius 1 is 1.04 bits per heavy atom. The van der Waals surface area contributed by atoms with Gasteiger partial charge in [0.05, 0.1) is 10.6 Å². The van der Waals surface area contributed by atoms with Gasteiger partial charge in [-0.25, -0.2) is 0 Å². The Bertz CT molecular complexity index is 991. The van der Waals surface area contributed by atoms with Crippen molar-refractivity contribution in [3.05, 3.63) is 87.4 Å². The van der Waals surface area contributed by atoms with Crippen LogP contribution in [0.2, 0.25) is 0 Å². The first kappa shape index (κ1) is 19.6. The van der Waals surface area contributed by atoms with Crippen molar-refractivity contribution in [1.82, 2.24) is 0 Å². The number of benzene rings is 3. The van der Waals surface area contributed by atoms with E-state index in [9.17, 15) is 14.9 Å². The fourth-order valence-corrected chi connectivity index (χ4v) is 3.03. The van der Waals surface area contributed by atoms with Crippen LogP contribution in [0.25, 0.3) is 11.1 Å². The normalized spacial score (nSPS) is 11.5. The monoisotopic (exact) mass is 440 g/mol. The van der Waals surface area contributed by atoms with Gasteiger partial charge in [0.15, 0.2) is 6.10 Å². The number of nitrogens with zero attached hydrogens (tertiary/aromatic N) is 1. The number of carbonyl (C=O) groups is 1. The van der Waals surface area contributed by atoms with Gasteiger partial charge < -0.3 is 10.1 Å². The molecule has 1 amide bonds. The molecule has 0 aliphatic rings. The maximum atomic E-state index is 12.4. The maximum Gasteiger partial charge on any atom is 0.270 e. The first-order valence-corrected chi connectivity index (χ1v) is 9.30. The fourth-order valence-electron chi connectivity index (χ4n) is 2.57. The Morgan fingerprint density at radius 3 is 2.29 bits per heavy atom. The molecule has 6 nitrogen and oxygen atoms in total. The minimum absolute atomic E-state index is 0.0623. The van der Waals surface area contributed by atoms with E-state index in [1.54, 1.807) is 6.92 Å². The van der Waals surface area contributed by atoms with E-state index in [4.69, 9.17) is 4.74 Å². The molecule has 3 rings (SSSR count). The van der Waals surface area contributed by atoms with Gasteiger partial charge in [-0.3, -0.25) is 14.9 Å². The third-order valence-corrected chi connectivity index (χ3v) is 4.72. The summed E-state index contributed by atoms with van der Waals surface area (Å²) in [4.78, 5) is 22.7. The molecule has 0 heterocycles. The van der Waals surface area contributed by atoms with Crippen molar-refractivity contribution in [2.75, 3.05) is 5.32 Å². The van der Waals surface area contributed by atoms with Gasteiger partial charge in [0, 0.05) is 16.6 Å². The summed E-state index contributed by atoms with van der Waals surface area (Å²) in [6, 6.07) is 21.6. The van der Waals surface area contributed by atoms with Crippen molar-refractivity contribution < 1.29 is 14.5 Å². The smallest absolute Gasteiger partial charge is 0.270 e. The second-order valence-electron chi connectivity index (χ2n) is 6.06. The molecule has 1 N–H and O–H groups in total. The van der Waals surface area contributed by atoms with Crippen LogP contribution in [-0.2, 0) is 4.79 Å². The van der Waals surface area contributed by atoms with E-state index in [0.29, 0.717) is 15.9 Å². The zero-order chi connectivity index (χ0) is 20.1. The van der Waals surface area contributed by atoms with E-state index < -0.39 is 11.0 Å². The molecule has 0 fully saturated rings. The van der Waals surface area contributed by atoms with E-state index in [1.807, 2.05) is 54.6 Å². The number of non-ortho nitro benzene ring substituents is 1. The summed E-state index contributed by atoms with van der Waals surface area (Å²) in [5.74, 6) is 0.215. The molecule has 0 bridgehead atoms. The summed E-state index contributed by atoms with van der Waals surface area (Å²) in [5.41, 5.74) is 2.53. The van der Waals surface area contributed by atoms with Gasteiger partial charge in [0.2, 0.25) is 0 Å². The number of anilines is 1. The lowest BCUT2D eigenvalue weighted by Crippen LogP contribution is -2.30. The second kappa shape index (κ2) is 8.67. The molecule has 3 aromatic carbocycles. The van der Waals surface area contributed by atoms with Gasteiger partial charge in [-0.05, 0) is 52.2 Å². The molecule has 0 saturated carbocycles. The molecule has 28 heavy (non-hydrogen) atoms. The first-order valence-electron chi connectivity index (χ1n) is 8.51. The zero-order valence-electron chi connectivity index (χ0n) is 15.0. The largest absolute Gasteiger partial charge is 0.481 e. The van der Waals surface area contributed by atoms with E-state index in [0.717, 1.165) is 11.1 Å². The van der Waals surface area contributed by atoms with Gasteiger partial charge in [-0.15, -0.1) is 0 Å². The number of hydrogen-bond acceptors (Lipinski definition) is 4. The second-order valence-corrected chi connectivity index (χ2v) is 6.92. The standard InChI is InChI=1S/C21H17BrN2O4/c1-14(21(25)23-20-12-9-17(24(26)27)13-19(20)22)28-18-10-7-16(8-11-18)15-5-3-2-4-6-15/h2-14H,1H3,(H,23,25)/t14-/m0/s1. The minimum Gasteiger partial charge on any atom is -0.481 e. The highest BCUT2D eigenvalue weighted by molar-refractivity contribution is 9.10. The molecule has 0 aliphatic carbocycles. The van der Waals surface area contributed by atoms with Crippen molar-refractivity contribution in [2.24, 2.45) is 0 Å². The minimum atomic E-state index is -0.746. The highest BCUT2D eigenvalue weighted by Crippen LogP contribution is 2.27. The number of carbonyl (C=O) groups excluding carboxylic acids is 1. The highest BCUT2D eigenvalue weighted by Gasteiger charge is 2.17. The lowest BCUT2D eigenvalue weighted by Gasteiger charge is -2.15. The quantitative estimate of drug-likeness (QED) is 0.409. The van der Waals surface area contributed by atoms with E-state index in [1.165, 1.54) is 18.2 Å². The molecule has 0 unspecified atom stereocenters. The molecule has 3 aromatic rings. The Morgan fingerprint density at radius 2 is 1.68 bits per heavy atom. The summed E-state index contributed by atoms with van der Waals surface area (Å²) in [5, 5.41) is 13.5. The van der Waals surface area contributed by atoms with Crippen LogP contribution in [0.3, 0.4) is 0 Å². The highest BCUT2D eigenvalue weighted by atomic mass is 79.9. The van der Waals surface area contributed by atoms with Crippen LogP contribution >= 0.6 is 15.9 Å². The molecule has 0 aromatic heterocycles. The third kappa shape index (κ3) is 4.75. The molecule has 1 atom stereocenters. The van der Waals surface area contributed by atoms with Gasteiger partial charge in [0.25, 0.3) is 11.6 Å². The average Bonchev–Trinajstić information content (AvgIpc) is 2.70. The van der Waals surface area contributed by atoms with Gasteiger partial charge in [-0.2, -0.15) is 0 Å². The van der Waals surface area contributed by atoms with Crippen molar-refractivity contribution in [1.29, 1.82) is 0 Å². The van der Waals surface area contributed by atoms with Crippen molar-refractivity contribution in [2.45, 2.75) is 13.0 Å². The van der Waals surface area contributed by atoms with Crippen LogP contribution in [0, 0.1) is 10.1 Å². The number of halogens is 1. The number of rotatable bonds is 6. The number of amides is 1. The Hall–Kier alpha value is -3.19.